The summed E-state index contributed by atoms with van der Waals surface area (Å²) in [6, 6.07) is 13.5. The van der Waals surface area contributed by atoms with Crippen molar-refractivity contribution in [2.75, 3.05) is 13.7 Å². The summed E-state index contributed by atoms with van der Waals surface area (Å²) >= 11 is 0. The molecule has 0 atom stereocenters. The quantitative estimate of drug-likeness (QED) is 0.413. The Bertz CT molecular complexity index is 1340. The van der Waals surface area contributed by atoms with Gasteiger partial charge in [0.15, 0.2) is 5.69 Å². The van der Waals surface area contributed by atoms with E-state index in [2.05, 4.69) is 26.5 Å². The van der Waals surface area contributed by atoms with Crippen LogP contribution in [0.5, 0.6) is 5.75 Å². The smallest absolute Gasteiger partial charge is 0.272 e. The largest absolute Gasteiger partial charge is 0.497 e. The van der Waals surface area contributed by atoms with E-state index in [4.69, 9.17) is 9.84 Å². The molecule has 9 nitrogen and oxygen atoms in total. The van der Waals surface area contributed by atoms with Gasteiger partial charge in [-0.15, -0.1) is 0 Å². The lowest BCUT2D eigenvalue weighted by Crippen LogP contribution is -2.32. The molecule has 1 aliphatic rings. The molecule has 0 radical (unpaired) electrons. The molecule has 4 aromatic rings. The first-order chi connectivity index (χ1) is 17.5. The molecule has 0 spiro atoms. The van der Waals surface area contributed by atoms with Crippen LogP contribution in [0.1, 0.15) is 44.3 Å². The second kappa shape index (κ2) is 10.3. The minimum atomic E-state index is -0.166. The Morgan fingerprint density at radius 3 is 2.64 bits per heavy atom. The van der Waals surface area contributed by atoms with Crippen molar-refractivity contribution in [3.8, 4) is 5.75 Å². The molecule has 5 rings (SSSR count). The Morgan fingerprint density at radius 2 is 1.94 bits per heavy atom. The Labute approximate surface area is 210 Å². The lowest BCUT2D eigenvalue weighted by atomic mass is 10.0. The number of aryl methyl sites for hydroxylation is 2. The summed E-state index contributed by atoms with van der Waals surface area (Å²) in [5, 5.41) is 12.3. The number of benzene rings is 1. The van der Waals surface area contributed by atoms with E-state index >= 15 is 0 Å². The highest BCUT2D eigenvalue weighted by Gasteiger charge is 2.28. The molecule has 4 heterocycles. The monoisotopic (exact) mass is 485 g/mol. The van der Waals surface area contributed by atoms with E-state index in [1.165, 1.54) is 5.56 Å². The predicted octanol–water partition coefficient (Wildman–Crippen LogP) is 2.87. The number of methoxy groups -OCH3 is 1. The van der Waals surface area contributed by atoms with E-state index in [-0.39, 0.29) is 5.91 Å². The molecule has 36 heavy (non-hydrogen) atoms. The number of hydrogen-bond acceptors (Lipinski definition) is 6. The highest BCUT2D eigenvalue weighted by molar-refractivity contribution is 5.94. The molecule has 0 bridgehead atoms. The molecule has 9 heteroatoms. The number of nitrogens with zero attached hydrogens (tertiary/aromatic N) is 6. The number of pyridine rings is 1. The van der Waals surface area contributed by atoms with Gasteiger partial charge >= 0.3 is 0 Å². The minimum absolute atomic E-state index is 0.166. The number of carbonyl (C=O) groups excluding carboxylic acids is 1. The Hall–Kier alpha value is -3.98. The SMILES string of the molecule is COc1ccc(CNC(=O)c2nn(Cc3ccccn3)c3c2CN(Cc2cn(C)nc2C)CC3)cc1. The molecule has 0 saturated carbocycles. The van der Waals surface area contributed by atoms with Crippen LogP contribution in [0.2, 0.25) is 0 Å². The average molecular weight is 486 g/mol. The summed E-state index contributed by atoms with van der Waals surface area (Å²) < 4.78 is 9.03. The van der Waals surface area contributed by atoms with E-state index in [9.17, 15) is 4.79 Å². The van der Waals surface area contributed by atoms with Crippen molar-refractivity contribution in [3.05, 3.63) is 94.3 Å². The number of fused-ring (bicyclic) bond motifs is 1. The predicted molar refractivity (Wildman–Crippen MR) is 135 cm³/mol. The third kappa shape index (κ3) is 5.16. The third-order valence-electron chi connectivity index (χ3n) is 6.59. The number of nitrogens with one attached hydrogen (secondary N) is 1. The van der Waals surface area contributed by atoms with Gasteiger partial charge in [0.05, 0.1) is 25.0 Å². The van der Waals surface area contributed by atoms with Crippen molar-refractivity contribution >= 4 is 5.91 Å². The first kappa shape index (κ1) is 23.7. The fourth-order valence-electron chi connectivity index (χ4n) is 4.69. The Morgan fingerprint density at radius 1 is 1.11 bits per heavy atom. The van der Waals surface area contributed by atoms with Crippen LogP contribution in [0.3, 0.4) is 0 Å². The van der Waals surface area contributed by atoms with Crippen molar-refractivity contribution in [1.29, 1.82) is 0 Å². The molecular formula is C27H31N7O2. The zero-order valence-corrected chi connectivity index (χ0v) is 20.9. The maximum absolute atomic E-state index is 13.3. The summed E-state index contributed by atoms with van der Waals surface area (Å²) in [6.45, 7) is 5.34. The van der Waals surface area contributed by atoms with Crippen LogP contribution < -0.4 is 10.1 Å². The van der Waals surface area contributed by atoms with Crippen LogP contribution in [0, 0.1) is 6.92 Å². The molecule has 0 saturated heterocycles. The Kier molecular flexibility index (Phi) is 6.81. The first-order valence-electron chi connectivity index (χ1n) is 12.1. The fraction of sp³-hybridized carbons (Fsp3) is 0.333. The van der Waals surface area contributed by atoms with Gasteiger partial charge in [0.25, 0.3) is 5.91 Å². The first-order valence-corrected chi connectivity index (χ1v) is 12.1. The third-order valence-corrected chi connectivity index (χ3v) is 6.59. The molecular weight excluding hydrogens is 454 g/mol. The zero-order valence-electron chi connectivity index (χ0n) is 20.9. The van der Waals surface area contributed by atoms with Crippen LogP contribution >= 0.6 is 0 Å². The maximum atomic E-state index is 13.3. The zero-order chi connectivity index (χ0) is 25.1. The molecule has 0 fully saturated rings. The van der Waals surface area contributed by atoms with Crippen LogP contribution in [-0.4, -0.2) is 49.0 Å². The second-order valence-corrected chi connectivity index (χ2v) is 9.16. The van der Waals surface area contributed by atoms with E-state index in [1.54, 1.807) is 13.3 Å². The number of aromatic nitrogens is 5. The van der Waals surface area contributed by atoms with Crippen molar-refractivity contribution in [2.45, 2.75) is 39.5 Å². The number of rotatable bonds is 8. The van der Waals surface area contributed by atoms with E-state index in [0.29, 0.717) is 25.3 Å². The molecule has 1 amide bonds. The summed E-state index contributed by atoms with van der Waals surface area (Å²) in [5.74, 6) is 0.623. The van der Waals surface area contributed by atoms with Gasteiger partial charge in [-0.1, -0.05) is 18.2 Å². The van der Waals surface area contributed by atoms with Crippen LogP contribution in [0.25, 0.3) is 0 Å². The highest BCUT2D eigenvalue weighted by atomic mass is 16.5. The van der Waals surface area contributed by atoms with Crippen molar-refractivity contribution in [2.24, 2.45) is 7.05 Å². The molecule has 186 valence electrons. The van der Waals surface area contributed by atoms with Crippen molar-refractivity contribution in [1.82, 2.24) is 34.8 Å². The van der Waals surface area contributed by atoms with Gasteiger partial charge < -0.3 is 10.1 Å². The van der Waals surface area contributed by atoms with Crippen LogP contribution in [0.4, 0.5) is 0 Å². The fourth-order valence-corrected chi connectivity index (χ4v) is 4.69. The Balaban J connectivity index is 1.38. The van der Waals surface area contributed by atoms with Gasteiger partial charge in [-0.25, -0.2) is 0 Å². The number of carbonyl (C=O) groups is 1. The number of amides is 1. The van der Waals surface area contributed by atoms with Gasteiger partial charge in [-0.05, 0) is 36.8 Å². The van der Waals surface area contributed by atoms with Gasteiger partial charge in [0.1, 0.15) is 5.75 Å². The molecule has 0 unspecified atom stereocenters. The van der Waals surface area contributed by atoms with E-state index in [1.807, 2.05) is 65.8 Å². The molecule has 1 N–H and O–H groups in total. The van der Waals surface area contributed by atoms with E-state index in [0.717, 1.165) is 53.5 Å². The molecule has 3 aromatic heterocycles. The van der Waals surface area contributed by atoms with Crippen LogP contribution in [-0.2, 0) is 39.6 Å². The van der Waals surface area contributed by atoms with Crippen LogP contribution in [0.15, 0.2) is 54.9 Å². The van der Waals surface area contributed by atoms with Gasteiger partial charge in [-0.3, -0.25) is 24.0 Å². The van der Waals surface area contributed by atoms with E-state index < -0.39 is 0 Å². The second-order valence-electron chi connectivity index (χ2n) is 9.16. The minimum Gasteiger partial charge on any atom is -0.497 e. The number of hydrogen-bond donors (Lipinski definition) is 1. The lowest BCUT2D eigenvalue weighted by molar-refractivity contribution is 0.0942. The molecule has 0 aliphatic carbocycles. The summed E-state index contributed by atoms with van der Waals surface area (Å²) in [4.78, 5) is 20.2. The van der Waals surface area contributed by atoms with Gasteiger partial charge in [0.2, 0.25) is 0 Å². The lowest BCUT2D eigenvalue weighted by Gasteiger charge is -2.27. The average Bonchev–Trinajstić information content (AvgIpc) is 3.41. The maximum Gasteiger partial charge on any atom is 0.272 e. The summed E-state index contributed by atoms with van der Waals surface area (Å²) in [6.07, 6.45) is 4.67. The molecule has 1 aliphatic heterocycles. The summed E-state index contributed by atoms with van der Waals surface area (Å²) in [5.41, 5.74) is 6.74. The standard InChI is InChI=1S/C27H31N7O2/c1-19-21(15-32(2)30-19)16-33-13-11-25-24(18-33)26(31-34(25)17-22-6-4-5-12-28-22)27(35)29-14-20-7-9-23(36-3)10-8-20/h4-10,12,15H,11,13-14,16-18H2,1-3H3,(H,29,35). The topological polar surface area (TPSA) is 90.1 Å². The van der Waals surface area contributed by atoms with Crippen molar-refractivity contribution in [3.63, 3.8) is 0 Å². The number of ether oxygens (including phenoxy) is 1. The normalized spacial score (nSPS) is 13.4. The highest BCUT2D eigenvalue weighted by Crippen LogP contribution is 2.25. The molecule has 1 aromatic carbocycles. The van der Waals surface area contributed by atoms with Gasteiger partial charge in [-0.2, -0.15) is 10.2 Å². The summed E-state index contributed by atoms with van der Waals surface area (Å²) in [7, 11) is 3.58. The van der Waals surface area contributed by atoms with Gasteiger partial charge in [0, 0.05) is 68.9 Å². The van der Waals surface area contributed by atoms with Crippen molar-refractivity contribution < 1.29 is 9.53 Å².